The lowest BCUT2D eigenvalue weighted by Gasteiger charge is -2.01. The number of hydrogen-bond acceptors (Lipinski definition) is 3. The second kappa shape index (κ2) is 4.81. The lowest BCUT2D eigenvalue weighted by molar-refractivity contribution is 0.101. The molecule has 20 heavy (non-hydrogen) atoms. The van der Waals surface area contributed by atoms with Gasteiger partial charge in [0.25, 0.3) is 0 Å². The molecular weight excluding hydrogens is 259 g/mol. The summed E-state index contributed by atoms with van der Waals surface area (Å²) in [5.41, 5.74) is 1.20. The van der Waals surface area contributed by atoms with Gasteiger partial charge in [0, 0.05) is 6.07 Å². The van der Waals surface area contributed by atoms with E-state index >= 15 is 0 Å². The van der Waals surface area contributed by atoms with Gasteiger partial charge < -0.3 is 9.47 Å². The lowest BCUT2D eigenvalue weighted by Crippen LogP contribution is -1.97. The van der Waals surface area contributed by atoms with Crippen molar-refractivity contribution < 1.29 is 18.7 Å². The zero-order chi connectivity index (χ0) is 14.1. The monoisotopic (exact) mass is 270 g/mol. The summed E-state index contributed by atoms with van der Waals surface area (Å²) in [6, 6.07) is 10.9. The molecule has 3 rings (SSSR count). The van der Waals surface area contributed by atoms with Gasteiger partial charge in [0.05, 0.1) is 12.7 Å². The Morgan fingerprint density at radius 1 is 1.15 bits per heavy atom. The van der Waals surface area contributed by atoms with Crippen molar-refractivity contribution in [3.05, 3.63) is 65.2 Å². The molecule has 0 saturated heterocycles. The maximum absolute atomic E-state index is 12.8. The summed E-state index contributed by atoms with van der Waals surface area (Å²) in [6.45, 7) is 0. The average molecular weight is 270 g/mol. The number of benzene rings is 2. The highest BCUT2D eigenvalue weighted by molar-refractivity contribution is 6.14. The molecule has 1 aliphatic heterocycles. The number of rotatable bonds is 2. The van der Waals surface area contributed by atoms with Crippen molar-refractivity contribution in [2.45, 2.75) is 0 Å². The Hall–Kier alpha value is -2.62. The van der Waals surface area contributed by atoms with E-state index in [9.17, 15) is 9.18 Å². The molecule has 0 atom stereocenters. The van der Waals surface area contributed by atoms with Gasteiger partial charge >= 0.3 is 0 Å². The first-order chi connectivity index (χ1) is 9.67. The van der Waals surface area contributed by atoms with Crippen LogP contribution in [-0.2, 0) is 0 Å². The molecule has 0 bridgehead atoms. The highest BCUT2D eigenvalue weighted by Crippen LogP contribution is 2.34. The smallest absolute Gasteiger partial charge is 0.231 e. The van der Waals surface area contributed by atoms with Crippen molar-refractivity contribution in [3.63, 3.8) is 0 Å². The Labute approximate surface area is 115 Å². The van der Waals surface area contributed by atoms with Crippen LogP contribution in [-0.4, -0.2) is 12.9 Å². The van der Waals surface area contributed by atoms with Gasteiger partial charge in [-0.05, 0) is 35.9 Å². The predicted octanol–water partition coefficient (Wildman–Crippen LogP) is 3.45. The highest BCUT2D eigenvalue weighted by Gasteiger charge is 2.27. The molecule has 0 unspecified atom stereocenters. The average Bonchev–Trinajstić information content (AvgIpc) is 2.77. The fourth-order valence-corrected chi connectivity index (χ4v) is 2.00. The number of carbonyl (C=O) groups is 1. The number of hydrogen-bond donors (Lipinski definition) is 0. The van der Waals surface area contributed by atoms with Crippen LogP contribution in [0.4, 0.5) is 4.39 Å². The molecule has 0 fully saturated rings. The first-order valence-corrected chi connectivity index (χ1v) is 6.05. The van der Waals surface area contributed by atoms with Crippen LogP contribution in [0, 0.1) is 5.82 Å². The standard InChI is InChI=1S/C16H11FO3/c1-19-12-6-7-13-14(9-12)20-15(16(13)18)8-10-2-4-11(17)5-3-10/h2-9H,1H3. The van der Waals surface area contributed by atoms with Crippen LogP contribution in [0.2, 0.25) is 0 Å². The first kappa shape index (κ1) is 12.4. The normalized spacial score (nSPS) is 15.1. The van der Waals surface area contributed by atoms with Crippen LogP contribution in [0.25, 0.3) is 6.08 Å². The maximum atomic E-state index is 12.8. The Morgan fingerprint density at radius 2 is 1.90 bits per heavy atom. The second-order valence-electron chi connectivity index (χ2n) is 4.35. The van der Waals surface area contributed by atoms with Gasteiger partial charge in [-0.25, -0.2) is 4.39 Å². The molecule has 0 amide bonds. The summed E-state index contributed by atoms with van der Waals surface area (Å²) in [6.07, 6.45) is 1.59. The van der Waals surface area contributed by atoms with Crippen molar-refractivity contribution in [2.75, 3.05) is 7.11 Å². The minimum atomic E-state index is -0.321. The molecule has 1 heterocycles. The van der Waals surface area contributed by atoms with Gasteiger partial charge in [0.15, 0.2) is 5.76 Å². The zero-order valence-electron chi connectivity index (χ0n) is 10.7. The number of Topliss-reactive ketones (excluding diaryl/α,β-unsaturated/α-hetero) is 1. The van der Waals surface area contributed by atoms with E-state index in [4.69, 9.17) is 9.47 Å². The van der Waals surface area contributed by atoms with Crippen LogP contribution in [0.3, 0.4) is 0 Å². The minimum absolute atomic E-state index is 0.188. The molecule has 2 aromatic carbocycles. The van der Waals surface area contributed by atoms with Gasteiger partial charge in [-0.1, -0.05) is 12.1 Å². The van der Waals surface area contributed by atoms with Crippen molar-refractivity contribution >= 4 is 11.9 Å². The molecule has 0 aromatic heterocycles. The van der Waals surface area contributed by atoms with Crippen LogP contribution < -0.4 is 9.47 Å². The van der Waals surface area contributed by atoms with Gasteiger partial charge in [0.2, 0.25) is 5.78 Å². The van der Waals surface area contributed by atoms with E-state index in [0.29, 0.717) is 22.6 Å². The third-order valence-electron chi connectivity index (χ3n) is 3.04. The van der Waals surface area contributed by atoms with E-state index in [0.717, 1.165) is 0 Å². The second-order valence-corrected chi connectivity index (χ2v) is 4.35. The summed E-state index contributed by atoms with van der Waals surface area (Å²) in [7, 11) is 1.55. The first-order valence-electron chi connectivity index (χ1n) is 6.05. The molecule has 4 heteroatoms. The number of allylic oxidation sites excluding steroid dienone is 1. The minimum Gasteiger partial charge on any atom is -0.497 e. The Morgan fingerprint density at radius 3 is 2.60 bits per heavy atom. The van der Waals surface area contributed by atoms with Gasteiger partial charge in [-0.2, -0.15) is 0 Å². The highest BCUT2D eigenvalue weighted by atomic mass is 19.1. The zero-order valence-corrected chi connectivity index (χ0v) is 10.7. The van der Waals surface area contributed by atoms with Crippen molar-refractivity contribution in [1.82, 2.24) is 0 Å². The van der Waals surface area contributed by atoms with Gasteiger partial charge in [0.1, 0.15) is 17.3 Å². The summed E-state index contributed by atoms with van der Waals surface area (Å²) >= 11 is 0. The van der Waals surface area contributed by atoms with Crippen molar-refractivity contribution in [2.24, 2.45) is 0 Å². The molecular formula is C16H11FO3. The summed E-state index contributed by atoms with van der Waals surface area (Å²) in [5, 5.41) is 0. The Kier molecular flexibility index (Phi) is 2.99. The van der Waals surface area contributed by atoms with Gasteiger partial charge in [-0.3, -0.25) is 4.79 Å². The number of fused-ring (bicyclic) bond motifs is 1. The van der Waals surface area contributed by atoms with E-state index in [1.807, 2.05) is 0 Å². The van der Waals surface area contributed by atoms with E-state index in [1.54, 1.807) is 43.5 Å². The largest absolute Gasteiger partial charge is 0.497 e. The molecule has 3 nitrogen and oxygen atoms in total. The Balaban J connectivity index is 1.94. The molecule has 0 spiro atoms. The number of methoxy groups -OCH3 is 1. The molecule has 0 saturated carbocycles. The van der Waals surface area contributed by atoms with E-state index < -0.39 is 0 Å². The number of ketones is 1. The predicted molar refractivity (Wildman–Crippen MR) is 72.3 cm³/mol. The molecule has 0 radical (unpaired) electrons. The topological polar surface area (TPSA) is 35.5 Å². The van der Waals surface area contributed by atoms with Crippen molar-refractivity contribution in [1.29, 1.82) is 0 Å². The number of ether oxygens (including phenoxy) is 2. The van der Waals surface area contributed by atoms with Crippen LogP contribution >= 0.6 is 0 Å². The summed E-state index contributed by atoms with van der Waals surface area (Å²) < 4.78 is 23.5. The number of carbonyl (C=O) groups excluding carboxylic acids is 1. The quantitative estimate of drug-likeness (QED) is 0.784. The third kappa shape index (κ3) is 2.16. The fraction of sp³-hybridized carbons (Fsp3) is 0.0625. The van der Waals surface area contributed by atoms with Crippen molar-refractivity contribution in [3.8, 4) is 11.5 Å². The summed E-state index contributed by atoms with van der Waals surface area (Å²) in [5.74, 6) is 0.813. The number of halogens is 1. The van der Waals surface area contributed by atoms with Crippen LogP contribution in [0.5, 0.6) is 11.5 Å². The fourth-order valence-electron chi connectivity index (χ4n) is 2.00. The van der Waals surface area contributed by atoms with Crippen LogP contribution in [0.15, 0.2) is 48.2 Å². The molecule has 0 aliphatic carbocycles. The SMILES string of the molecule is COc1ccc2c(c1)OC(=Cc1ccc(F)cc1)C2=O. The third-order valence-corrected chi connectivity index (χ3v) is 3.04. The summed E-state index contributed by atoms with van der Waals surface area (Å²) in [4.78, 5) is 12.2. The molecule has 100 valence electrons. The molecule has 0 N–H and O–H groups in total. The van der Waals surface area contributed by atoms with E-state index in [1.165, 1.54) is 12.1 Å². The molecule has 2 aromatic rings. The maximum Gasteiger partial charge on any atom is 0.231 e. The van der Waals surface area contributed by atoms with E-state index in [2.05, 4.69) is 0 Å². The van der Waals surface area contributed by atoms with Gasteiger partial charge in [-0.15, -0.1) is 0 Å². The van der Waals surface area contributed by atoms with E-state index in [-0.39, 0.29) is 17.4 Å². The van der Waals surface area contributed by atoms with Crippen LogP contribution in [0.1, 0.15) is 15.9 Å². The lowest BCUT2D eigenvalue weighted by atomic mass is 10.1. The molecule has 1 aliphatic rings. The Bertz CT molecular complexity index is 702.